The van der Waals surface area contributed by atoms with Crippen LogP contribution in [-0.4, -0.2) is 61.2 Å². The van der Waals surface area contributed by atoms with E-state index in [0.717, 1.165) is 21.1 Å². The highest BCUT2D eigenvalue weighted by Gasteiger charge is 2.30. The summed E-state index contributed by atoms with van der Waals surface area (Å²) in [6, 6.07) is 5.68. The Hall–Kier alpha value is -2.45. The van der Waals surface area contributed by atoms with Crippen LogP contribution in [0.2, 0.25) is 0 Å². The number of aromatic nitrogens is 1. The SMILES string of the molecule is Cc1nc(-c2ccc3c(c2)N(CC(=O)N2CCOCC2)C(=O)CO3)c(C)s1. The molecule has 0 saturated carbocycles. The molecule has 0 radical (unpaired) electrons. The Kier molecular flexibility index (Phi) is 4.84. The number of thiazole rings is 1. The molecule has 27 heavy (non-hydrogen) atoms. The fourth-order valence-corrected chi connectivity index (χ4v) is 4.21. The molecule has 8 heteroatoms. The number of morpholine rings is 1. The van der Waals surface area contributed by atoms with E-state index in [0.29, 0.717) is 37.7 Å². The third-order valence-electron chi connectivity index (χ3n) is 4.74. The number of anilines is 1. The van der Waals surface area contributed by atoms with E-state index in [4.69, 9.17) is 9.47 Å². The third kappa shape index (κ3) is 3.54. The van der Waals surface area contributed by atoms with Gasteiger partial charge in [-0.05, 0) is 32.0 Å². The normalized spacial score (nSPS) is 16.9. The molecule has 0 atom stereocenters. The fourth-order valence-electron chi connectivity index (χ4n) is 3.37. The molecule has 1 fully saturated rings. The van der Waals surface area contributed by atoms with Crippen molar-refractivity contribution in [2.24, 2.45) is 0 Å². The van der Waals surface area contributed by atoms with E-state index >= 15 is 0 Å². The van der Waals surface area contributed by atoms with Gasteiger partial charge in [0.15, 0.2) is 6.61 Å². The van der Waals surface area contributed by atoms with Crippen molar-refractivity contribution in [3.63, 3.8) is 0 Å². The number of ether oxygens (including phenoxy) is 2. The highest BCUT2D eigenvalue weighted by molar-refractivity contribution is 7.11. The first-order chi connectivity index (χ1) is 13.0. The van der Waals surface area contributed by atoms with Gasteiger partial charge in [-0.2, -0.15) is 0 Å². The number of hydrogen-bond donors (Lipinski definition) is 0. The van der Waals surface area contributed by atoms with Gasteiger partial charge in [0.05, 0.1) is 29.6 Å². The van der Waals surface area contributed by atoms with E-state index in [1.807, 2.05) is 32.0 Å². The molecule has 2 amide bonds. The molecule has 7 nitrogen and oxygen atoms in total. The Morgan fingerprint density at radius 3 is 2.74 bits per heavy atom. The molecule has 1 aromatic carbocycles. The molecule has 3 heterocycles. The minimum atomic E-state index is -0.215. The molecule has 4 rings (SSSR count). The molecule has 0 N–H and O–H groups in total. The van der Waals surface area contributed by atoms with Crippen LogP contribution in [0.4, 0.5) is 5.69 Å². The number of carbonyl (C=O) groups excluding carboxylic acids is 2. The summed E-state index contributed by atoms with van der Waals surface area (Å²) in [5, 5.41) is 0.992. The molecule has 2 aromatic rings. The number of hydrogen-bond acceptors (Lipinski definition) is 6. The zero-order valence-corrected chi connectivity index (χ0v) is 16.2. The summed E-state index contributed by atoms with van der Waals surface area (Å²) in [4.78, 5) is 34.1. The average Bonchev–Trinajstić information content (AvgIpc) is 3.02. The average molecular weight is 387 g/mol. The monoisotopic (exact) mass is 387 g/mol. The Bertz CT molecular complexity index is 889. The number of benzene rings is 1. The smallest absolute Gasteiger partial charge is 0.265 e. The molecular formula is C19H21N3O4S. The van der Waals surface area contributed by atoms with Gasteiger partial charge in [-0.25, -0.2) is 4.98 Å². The van der Waals surface area contributed by atoms with Crippen molar-refractivity contribution < 1.29 is 19.1 Å². The summed E-state index contributed by atoms with van der Waals surface area (Å²) >= 11 is 1.64. The van der Waals surface area contributed by atoms with Gasteiger partial charge >= 0.3 is 0 Å². The van der Waals surface area contributed by atoms with Crippen LogP contribution in [0.1, 0.15) is 9.88 Å². The highest BCUT2D eigenvalue weighted by atomic mass is 32.1. The quantitative estimate of drug-likeness (QED) is 0.806. The first-order valence-corrected chi connectivity index (χ1v) is 9.72. The fraction of sp³-hybridized carbons (Fsp3) is 0.421. The number of aryl methyl sites for hydroxylation is 2. The van der Waals surface area contributed by atoms with E-state index in [1.165, 1.54) is 4.90 Å². The molecule has 0 unspecified atom stereocenters. The Morgan fingerprint density at radius 2 is 2.04 bits per heavy atom. The van der Waals surface area contributed by atoms with Gasteiger partial charge in [-0.1, -0.05) is 0 Å². The number of fused-ring (bicyclic) bond motifs is 1. The number of nitrogens with zero attached hydrogens (tertiary/aromatic N) is 3. The maximum atomic E-state index is 12.7. The maximum Gasteiger partial charge on any atom is 0.265 e. The summed E-state index contributed by atoms with van der Waals surface area (Å²) in [5.74, 6) is 0.316. The molecule has 142 valence electrons. The van der Waals surface area contributed by atoms with Gasteiger partial charge in [0.2, 0.25) is 5.91 Å². The Balaban J connectivity index is 1.64. The second-order valence-electron chi connectivity index (χ2n) is 6.58. The second kappa shape index (κ2) is 7.28. The summed E-state index contributed by atoms with van der Waals surface area (Å²) in [6.07, 6.45) is 0. The van der Waals surface area contributed by atoms with E-state index in [9.17, 15) is 9.59 Å². The van der Waals surface area contributed by atoms with E-state index in [1.54, 1.807) is 16.2 Å². The Labute approximate surface area is 161 Å². The molecular weight excluding hydrogens is 366 g/mol. The predicted molar refractivity (Wildman–Crippen MR) is 102 cm³/mol. The van der Waals surface area contributed by atoms with E-state index < -0.39 is 0 Å². The Morgan fingerprint density at radius 1 is 1.26 bits per heavy atom. The lowest BCUT2D eigenvalue weighted by Gasteiger charge is -2.32. The standard InChI is InChI=1S/C19H21N3O4S/c1-12-19(20-13(2)27-12)14-3-4-16-15(9-14)22(18(24)11-26-16)10-17(23)21-5-7-25-8-6-21/h3-4,9H,5-8,10-11H2,1-2H3. The van der Waals surface area contributed by atoms with Gasteiger partial charge in [0.25, 0.3) is 5.91 Å². The zero-order valence-electron chi connectivity index (χ0n) is 15.4. The molecule has 2 aliphatic heterocycles. The topological polar surface area (TPSA) is 72.0 Å². The highest BCUT2D eigenvalue weighted by Crippen LogP contribution is 2.37. The van der Waals surface area contributed by atoms with Crippen LogP contribution < -0.4 is 9.64 Å². The first-order valence-electron chi connectivity index (χ1n) is 8.90. The molecule has 1 saturated heterocycles. The van der Waals surface area contributed by atoms with Crippen molar-refractivity contribution in [3.8, 4) is 17.0 Å². The van der Waals surface area contributed by atoms with Crippen molar-refractivity contribution >= 4 is 28.8 Å². The lowest BCUT2D eigenvalue weighted by Crippen LogP contribution is -2.49. The zero-order chi connectivity index (χ0) is 19.0. The molecule has 1 aromatic heterocycles. The van der Waals surface area contributed by atoms with E-state index in [-0.39, 0.29) is 25.0 Å². The van der Waals surface area contributed by atoms with Crippen molar-refractivity contribution in [1.82, 2.24) is 9.88 Å². The van der Waals surface area contributed by atoms with Gasteiger partial charge in [-0.15, -0.1) is 11.3 Å². The lowest BCUT2D eigenvalue weighted by atomic mass is 10.1. The lowest BCUT2D eigenvalue weighted by molar-refractivity contribution is -0.135. The number of amides is 2. The van der Waals surface area contributed by atoms with Crippen molar-refractivity contribution in [3.05, 3.63) is 28.1 Å². The second-order valence-corrected chi connectivity index (χ2v) is 7.99. The molecule has 0 aliphatic carbocycles. The van der Waals surface area contributed by atoms with Crippen LogP contribution in [0.5, 0.6) is 5.75 Å². The van der Waals surface area contributed by atoms with Gasteiger partial charge in [-0.3, -0.25) is 14.5 Å². The van der Waals surface area contributed by atoms with Crippen LogP contribution in [0.3, 0.4) is 0 Å². The summed E-state index contributed by atoms with van der Waals surface area (Å²) < 4.78 is 10.9. The van der Waals surface area contributed by atoms with Crippen molar-refractivity contribution in [2.75, 3.05) is 44.4 Å². The first kappa shape index (κ1) is 17.9. The van der Waals surface area contributed by atoms with Crippen LogP contribution in [0.15, 0.2) is 18.2 Å². The number of carbonyl (C=O) groups is 2. The van der Waals surface area contributed by atoms with Crippen molar-refractivity contribution in [2.45, 2.75) is 13.8 Å². The summed E-state index contributed by atoms with van der Waals surface area (Å²) in [6.45, 7) is 6.13. The van der Waals surface area contributed by atoms with Gasteiger partial charge < -0.3 is 14.4 Å². The minimum absolute atomic E-state index is 0.00766. The molecule has 2 aliphatic rings. The van der Waals surface area contributed by atoms with Crippen LogP contribution in [-0.2, 0) is 14.3 Å². The largest absolute Gasteiger partial charge is 0.482 e. The summed E-state index contributed by atoms with van der Waals surface area (Å²) in [5.41, 5.74) is 2.44. The van der Waals surface area contributed by atoms with Crippen molar-refractivity contribution in [1.29, 1.82) is 0 Å². The van der Waals surface area contributed by atoms with Gasteiger partial charge in [0.1, 0.15) is 12.3 Å². The third-order valence-corrected chi connectivity index (χ3v) is 5.62. The van der Waals surface area contributed by atoms with Gasteiger partial charge in [0, 0.05) is 23.5 Å². The molecule has 0 bridgehead atoms. The van der Waals surface area contributed by atoms with Crippen LogP contribution in [0.25, 0.3) is 11.3 Å². The maximum absolute atomic E-state index is 12.7. The predicted octanol–water partition coefficient (Wildman–Crippen LogP) is 2.01. The van der Waals surface area contributed by atoms with Crippen LogP contribution in [0, 0.1) is 13.8 Å². The minimum Gasteiger partial charge on any atom is -0.482 e. The summed E-state index contributed by atoms with van der Waals surface area (Å²) in [7, 11) is 0. The molecule has 0 spiro atoms. The number of rotatable bonds is 3. The van der Waals surface area contributed by atoms with E-state index in [2.05, 4.69) is 4.98 Å². The van der Waals surface area contributed by atoms with Crippen LogP contribution >= 0.6 is 11.3 Å².